The highest BCUT2D eigenvalue weighted by Gasteiger charge is 2.41. The zero-order valence-corrected chi connectivity index (χ0v) is 12.8. The van der Waals surface area contributed by atoms with Crippen LogP contribution in [0, 0.1) is 5.92 Å². The lowest BCUT2D eigenvalue weighted by Crippen LogP contribution is -2.28. The van der Waals surface area contributed by atoms with Gasteiger partial charge in [-0.3, -0.25) is 4.79 Å². The first-order chi connectivity index (χ1) is 9.50. The molecule has 5 heteroatoms. The first-order valence-electron chi connectivity index (χ1n) is 7.48. The average Bonchev–Trinajstić information content (AvgIpc) is 2.98. The molecule has 1 aliphatic carbocycles. The molecule has 1 aromatic heterocycles. The Morgan fingerprint density at radius 2 is 2.05 bits per heavy atom. The van der Waals surface area contributed by atoms with Crippen LogP contribution in [-0.4, -0.2) is 22.5 Å². The van der Waals surface area contributed by atoms with E-state index in [1.54, 1.807) is 6.92 Å². The first kappa shape index (κ1) is 15.2. The summed E-state index contributed by atoms with van der Waals surface area (Å²) in [5, 5.41) is 4.11. The van der Waals surface area contributed by atoms with Gasteiger partial charge in [0.2, 0.25) is 11.7 Å². The van der Waals surface area contributed by atoms with Crippen molar-refractivity contribution in [3.8, 4) is 0 Å². The molecule has 5 nitrogen and oxygen atoms in total. The van der Waals surface area contributed by atoms with Gasteiger partial charge in [0.1, 0.15) is 11.4 Å². The van der Waals surface area contributed by atoms with Gasteiger partial charge >= 0.3 is 0 Å². The van der Waals surface area contributed by atoms with Gasteiger partial charge in [0.25, 0.3) is 0 Å². The maximum absolute atomic E-state index is 11.8. The van der Waals surface area contributed by atoms with Crippen molar-refractivity contribution in [1.29, 1.82) is 0 Å². The number of nitrogens with zero attached hydrogens (tertiary/aromatic N) is 2. The number of carbonyl (C=O) groups is 1. The van der Waals surface area contributed by atoms with Gasteiger partial charge < -0.3 is 9.26 Å². The minimum absolute atomic E-state index is 0.0621. The van der Waals surface area contributed by atoms with Crippen molar-refractivity contribution in [2.45, 2.75) is 64.9 Å². The third kappa shape index (κ3) is 2.77. The molecule has 0 saturated heterocycles. The molecule has 2 rings (SSSR count). The van der Waals surface area contributed by atoms with Gasteiger partial charge in [-0.25, -0.2) is 0 Å². The second-order valence-corrected chi connectivity index (χ2v) is 5.92. The number of hydrogen-bond acceptors (Lipinski definition) is 5. The SMILES string of the molecule is CCOC1(c2noc(C(C(C)=O)C(C)C)n2)CCCC1. The Balaban J connectivity index is 2.29. The van der Waals surface area contributed by atoms with Crippen molar-refractivity contribution in [2.24, 2.45) is 5.92 Å². The number of aromatic nitrogens is 2. The Morgan fingerprint density at radius 3 is 2.55 bits per heavy atom. The van der Waals surface area contributed by atoms with Crippen LogP contribution >= 0.6 is 0 Å². The predicted molar refractivity (Wildman–Crippen MR) is 74.3 cm³/mol. The topological polar surface area (TPSA) is 65.2 Å². The van der Waals surface area contributed by atoms with E-state index in [2.05, 4.69) is 10.1 Å². The molecular formula is C15H24N2O3. The zero-order valence-electron chi connectivity index (χ0n) is 12.8. The smallest absolute Gasteiger partial charge is 0.237 e. The second-order valence-electron chi connectivity index (χ2n) is 5.92. The van der Waals surface area contributed by atoms with Crippen LogP contribution in [0.5, 0.6) is 0 Å². The lowest BCUT2D eigenvalue weighted by atomic mass is 9.92. The van der Waals surface area contributed by atoms with Crippen molar-refractivity contribution < 1.29 is 14.1 Å². The fourth-order valence-corrected chi connectivity index (χ4v) is 3.13. The fraction of sp³-hybridized carbons (Fsp3) is 0.800. The van der Waals surface area contributed by atoms with Gasteiger partial charge in [-0.1, -0.05) is 19.0 Å². The fourth-order valence-electron chi connectivity index (χ4n) is 3.13. The van der Waals surface area contributed by atoms with Crippen LogP contribution in [-0.2, 0) is 15.1 Å². The summed E-state index contributed by atoms with van der Waals surface area (Å²) in [6.45, 7) is 8.16. The molecule has 1 aliphatic rings. The third-order valence-electron chi connectivity index (χ3n) is 4.05. The molecule has 0 radical (unpaired) electrons. The van der Waals surface area contributed by atoms with E-state index in [1.807, 2.05) is 20.8 Å². The van der Waals surface area contributed by atoms with Gasteiger partial charge in [-0.05, 0) is 45.4 Å². The Bertz CT molecular complexity index is 461. The summed E-state index contributed by atoms with van der Waals surface area (Å²) in [6.07, 6.45) is 4.08. The molecule has 1 aromatic rings. The van der Waals surface area contributed by atoms with Crippen molar-refractivity contribution in [3.05, 3.63) is 11.7 Å². The quantitative estimate of drug-likeness (QED) is 0.800. The standard InChI is InChI=1S/C15H24N2O3/c1-5-19-15(8-6-7-9-15)14-16-13(20-17-14)12(10(2)3)11(4)18/h10,12H,5-9H2,1-4H3. The lowest BCUT2D eigenvalue weighted by molar-refractivity contribution is -0.119. The van der Waals surface area contributed by atoms with Crippen molar-refractivity contribution in [3.63, 3.8) is 0 Å². The summed E-state index contributed by atoms with van der Waals surface area (Å²) in [6, 6.07) is 0. The Labute approximate surface area is 120 Å². The Hall–Kier alpha value is -1.23. The minimum Gasteiger partial charge on any atom is -0.367 e. The molecule has 0 aliphatic heterocycles. The van der Waals surface area contributed by atoms with Gasteiger partial charge in [-0.15, -0.1) is 0 Å². The summed E-state index contributed by atoms with van der Waals surface area (Å²) >= 11 is 0. The number of ether oxygens (including phenoxy) is 1. The van der Waals surface area contributed by atoms with Crippen LogP contribution in [0.2, 0.25) is 0 Å². The summed E-state index contributed by atoms with van der Waals surface area (Å²) < 4.78 is 11.3. The predicted octanol–water partition coefficient (Wildman–Crippen LogP) is 3.20. The summed E-state index contributed by atoms with van der Waals surface area (Å²) in [7, 11) is 0. The van der Waals surface area contributed by atoms with E-state index in [-0.39, 0.29) is 17.6 Å². The molecule has 1 fully saturated rings. The van der Waals surface area contributed by atoms with Gasteiger partial charge in [0.15, 0.2) is 0 Å². The highest BCUT2D eigenvalue weighted by atomic mass is 16.5. The normalized spacial score (nSPS) is 19.4. The van der Waals surface area contributed by atoms with Crippen molar-refractivity contribution in [1.82, 2.24) is 10.1 Å². The summed E-state index contributed by atoms with van der Waals surface area (Å²) in [4.78, 5) is 16.3. The van der Waals surface area contributed by atoms with Crippen molar-refractivity contribution in [2.75, 3.05) is 6.61 Å². The molecule has 0 aromatic carbocycles. The minimum atomic E-state index is -0.408. The number of Topliss-reactive ketones (excluding diaryl/α,β-unsaturated/α-hetero) is 1. The molecular weight excluding hydrogens is 256 g/mol. The van der Waals surface area contributed by atoms with Crippen LogP contribution < -0.4 is 0 Å². The zero-order chi connectivity index (χ0) is 14.8. The van der Waals surface area contributed by atoms with Crippen molar-refractivity contribution >= 4 is 5.78 Å². The Kier molecular flexibility index (Phi) is 4.58. The molecule has 1 atom stereocenters. The maximum Gasteiger partial charge on any atom is 0.237 e. The van der Waals surface area contributed by atoms with Crippen LogP contribution in [0.25, 0.3) is 0 Å². The van der Waals surface area contributed by atoms with E-state index in [9.17, 15) is 4.79 Å². The largest absolute Gasteiger partial charge is 0.367 e. The van der Waals surface area contributed by atoms with Gasteiger partial charge in [0, 0.05) is 6.61 Å². The maximum atomic E-state index is 11.8. The van der Waals surface area contributed by atoms with Crippen LogP contribution in [0.4, 0.5) is 0 Å². The summed E-state index contributed by atoms with van der Waals surface area (Å²) in [5.74, 6) is 0.920. The second kappa shape index (κ2) is 6.04. The van der Waals surface area contributed by atoms with E-state index in [0.717, 1.165) is 25.7 Å². The van der Waals surface area contributed by atoms with E-state index >= 15 is 0 Å². The molecule has 112 valence electrons. The van der Waals surface area contributed by atoms with E-state index in [0.29, 0.717) is 18.3 Å². The number of carbonyl (C=O) groups excluding carboxylic acids is 1. The van der Waals surface area contributed by atoms with E-state index in [4.69, 9.17) is 9.26 Å². The number of hydrogen-bond donors (Lipinski definition) is 0. The monoisotopic (exact) mass is 280 g/mol. The molecule has 0 amide bonds. The van der Waals surface area contributed by atoms with E-state index in [1.165, 1.54) is 0 Å². The number of rotatable bonds is 6. The highest BCUT2D eigenvalue weighted by Crippen LogP contribution is 2.41. The average molecular weight is 280 g/mol. The molecule has 1 saturated carbocycles. The van der Waals surface area contributed by atoms with Gasteiger partial charge in [-0.2, -0.15) is 4.98 Å². The third-order valence-corrected chi connectivity index (χ3v) is 4.05. The number of ketones is 1. The molecule has 1 heterocycles. The summed E-state index contributed by atoms with van der Waals surface area (Å²) in [5.41, 5.74) is -0.408. The molecule has 0 N–H and O–H groups in total. The Morgan fingerprint density at radius 1 is 1.40 bits per heavy atom. The molecule has 20 heavy (non-hydrogen) atoms. The van der Waals surface area contributed by atoms with Crippen LogP contribution in [0.1, 0.15) is 71.0 Å². The van der Waals surface area contributed by atoms with Crippen LogP contribution in [0.3, 0.4) is 0 Å². The van der Waals surface area contributed by atoms with E-state index < -0.39 is 5.60 Å². The molecule has 0 spiro atoms. The highest BCUT2D eigenvalue weighted by molar-refractivity contribution is 5.82. The molecule has 0 bridgehead atoms. The lowest BCUT2D eigenvalue weighted by Gasteiger charge is -2.24. The van der Waals surface area contributed by atoms with Crippen LogP contribution in [0.15, 0.2) is 4.52 Å². The molecule has 1 unspecified atom stereocenters. The first-order valence-corrected chi connectivity index (χ1v) is 7.48. The van der Waals surface area contributed by atoms with Gasteiger partial charge in [0.05, 0.1) is 5.92 Å².